The van der Waals surface area contributed by atoms with E-state index in [4.69, 9.17) is 9.47 Å². The van der Waals surface area contributed by atoms with Crippen LogP contribution in [0, 0.1) is 0 Å². The predicted molar refractivity (Wildman–Crippen MR) is 56.2 cm³/mol. The number of hydrogen-bond acceptors (Lipinski definition) is 3. The van der Waals surface area contributed by atoms with E-state index in [-0.39, 0.29) is 18.2 Å². The Morgan fingerprint density at radius 3 is 1.93 bits per heavy atom. The molecule has 0 unspecified atom stereocenters. The molecule has 0 aliphatic carbocycles. The quantitative estimate of drug-likeness (QED) is 0.595. The lowest BCUT2D eigenvalue weighted by molar-refractivity contribution is -0.156. The van der Waals surface area contributed by atoms with Gasteiger partial charge in [0.2, 0.25) is 0 Å². The van der Waals surface area contributed by atoms with Crippen LogP contribution in [0.3, 0.4) is 0 Å². The lowest BCUT2D eigenvalue weighted by atomic mass is 9.94. The number of carbonyl (C=O) groups excluding carboxylic acids is 1. The highest BCUT2D eigenvalue weighted by atomic mass is 16.6. The summed E-state index contributed by atoms with van der Waals surface area (Å²) in [6.07, 6.45) is 2.79. The number of hydrogen-bond donors (Lipinski definition) is 0. The van der Waals surface area contributed by atoms with E-state index < -0.39 is 0 Å². The molecule has 0 atom stereocenters. The topological polar surface area (TPSA) is 35.5 Å². The largest absolute Gasteiger partial charge is 0.464 e. The molecule has 0 bridgehead atoms. The Balaban J connectivity index is 3.99. The van der Waals surface area contributed by atoms with Crippen LogP contribution < -0.4 is 0 Å². The van der Waals surface area contributed by atoms with Crippen LogP contribution in [-0.4, -0.2) is 24.8 Å². The first-order chi connectivity index (χ1) is 6.64. The van der Waals surface area contributed by atoms with E-state index in [1.54, 1.807) is 6.92 Å². The molecule has 0 radical (unpaired) electrons. The Labute approximate surface area is 86.8 Å². The van der Waals surface area contributed by atoms with E-state index >= 15 is 0 Å². The van der Waals surface area contributed by atoms with E-state index in [1.165, 1.54) is 0 Å². The molecule has 0 aromatic carbocycles. The van der Waals surface area contributed by atoms with Crippen LogP contribution in [0.5, 0.6) is 0 Å². The molecular weight excluding hydrogens is 180 g/mol. The standard InChI is InChI=1S/C11H22O3/c1-5-11(6-2,7-3)14-9-10(12)13-8-4/h5-9H2,1-4H3. The molecule has 14 heavy (non-hydrogen) atoms. The van der Waals surface area contributed by atoms with Gasteiger partial charge in [-0.2, -0.15) is 0 Å². The molecule has 0 fully saturated rings. The lowest BCUT2D eigenvalue weighted by Crippen LogP contribution is -2.33. The molecule has 0 aliphatic rings. The van der Waals surface area contributed by atoms with Gasteiger partial charge in [-0.3, -0.25) is 0 Å². The summed E-state index contributed by atoms with van der Waals surface area (Å²) in [4.78, 5) is 11.1. The third kappa shape index (κ3) is 4.09. The Morgan fingerprint density at radius 1 is 1.07 bits per heavy atom. The molecule has 0 aromatic heterocycles. The molecule has 0 aliphatic heterocycles. The maximum Gasteiger partial charge on any atom is 0.332 e. The first-order valence-corrected chi connectivity index (χ1v) is 5.43. The molecule has 84 valence electrons. The van der Waals surface area contributed by atoms with Gasteiger partial charge in [-0.05, 0) is 26.2 Å². The van der Waals surface area contributed by atoms with Crippen molar-refractivity contribution in [2.45, 2.75) is 52.6 Å². The smallest absolute Gasteiger partial charge is 0.332 e. The van der Waals surface area contributed by atoms with Gasteiger partial charge in [-0.25, -0.2) is 4.79 Å². The average Bonchev–Trinajstić information content (AvgIpc) is 2.21. The van der Waals surface area contributed by atoms with E-state index in [0.717, 1.165) is 19.3 Å². The van der Waals surface area contributed by atoms with Crippen LogP contribution in [0.15, 0.2) is 0 Å². The molecule has 3 nitrogen and oxygen atoms in total. The fraction of sp³-hybridized carbons (Fsp3) is 0.909. The summed E-state index contributed by atoms with van der Waals surface area (Å²) < 4.78 is 10.4. The van der Waals surface area contributed by atoms with Gasteiger partial charge in [-0.15, -0.1) is 0 Å². The van der Waals surface area contributed by atoms with Crippen molar-refractivity contribution in [3.05, 3.63) is 0 Å². The van der Waals surface area contributed by atoms with Crippen LogP contribution in [0.4, 0.5) is 0 Å². The highest BCUT2D eigenvalue weighted by Crippen LogP contribution is 2.24. The monoisotopic (exact) mass is 202 g/mol. The number of carbonyl (C=O) groups is 1. The summed E-state index contributed by atoms with van der Waals surface area (Å²) >= 11 is 0. The maximum absolute atomic E-state index is 11.1. The Kier molecular flexibility index (Phi) is 6.54. The predicted octanol–water partition coefficient (Wildman–Crippen LogP) is 2.53. The second kappa shape index (κ2) is 6.82. The minimum atomic E-state index is -0.271. The van der Waals surface area contributed by atoms with E-state index in [1.807, 2.05) is 0 Å². The molecule has 0 saturated heterocycles. The van der Waals surface area contributed by atoms with Gasteiger partial charge in [-0.1, -0.05) is 20.8 Å². The van der Waals surface area contributed by atoms with Crippen molar-refractivity contribution in [1.82, 2.24) is 0 Å². The minimum absolute atomic E-state index is 0.0728. The van der Waals surface area contributed by atoms with Crippen molar-refractivity contribution in [1.29, 1.82) is 0 Å². The fourth-order valence-electron chi connectivity index (χ4n) is 1.47. The molecule has 0 amide bonds. The van der Waals surface area contributed by atoms with Gasteiger partial charge in [0.05, 0.1) is 12.2 Å². The summed E-state index contributed by atoms with van der Waals surface area (Å²) in [6, 6.07) is 0. The second-order valence-corrected chi connectivity index (χ2v) is 3.34. The van der Waals surface area contributed by atoms with Crippen molar-refractivity contribution in [2.24, 2.45) is 0 Å². The Morgan fingerprint density at radius 2 is 1.57 bits per heavy atom. The number of esters is 1. The normalized spacial score (nSPS) is 11.4. The van der Waals surface area contributed by atoms with E-state index in [2.05, 4.69) is 20.8 Å². The van der Waals surface area contributed by atoms with Crippen LogP contribution >= 0.6 is 0 Å². The maximum atomic E-state index is 11.1. The molecule has 3 heteroatoms. The summed E-state index contributed by atoms with van der Waals surface area (Å²) in [5.41, 5.74) is -0.146. The highest BCUT2D eigenvalue weighted by Gasteiger charge is 2.25. The molecule has 0 aromatic rings. The summed E-state index contributed by atoms with van der Waals surface area (Å²) in [5, 5.41) is 0. The zero-order valence-corrected chi connectivity index (χ0v) is 9.76. The second-order valence-electron chi connectivity index (χ2n) is 3.34. The van der Waals surface area contributed by atoms with Crippen molar-refractivity contribution >= 4 is 5.97 Å². The van der Waals surface area contributed by atoms with Crippen LogP contribution in [0.1, 0.15) is 47.0 Å². The molecule has 0 heterocycles. The SMILES string of the molecule is CCOC(=O)COC(CC)(CC)CC. The zero-order chi connectivity index (χ0) is 11.0. The van der Waals surface area contributed by atoms with Crippen molar-refractivity contribution in [3.8, 4) is 0 Å². The van der Waals surface area contributed by atoms with Gasteiger partial charge in [0.1, 0.15) is 6.61 Å². The van der Waals surface area contributed by atoms with Crippen LogP contribution in [0.25, 0.3) is 0 Å². The third-order valence-electron chi connectivity index (χ3n) is 2.73. The molecule has 0 N–H and O–H groups in total. The molecule has 0 spiro atoms. The summed E-state index contributed by atoms with van der Waals surface area (Å²) in [7, 11) is 0. The van der Waals surface area contributed by atoms with E-state index in [9.17, 15) is 4.79 Å². The third-order valence-corrected chi connectivity index (χ3v) is 2.73. The van der Waals surface area contributed by atoms with Gasteiger partial charge >= 0.3 is 5.97 Å². The van der Waals surface area contributed by atoms with Crippen LogP contribution in [-0.2, 0) is 14.3 Å². The van der Waals surface area contributed by atoms with Crippen LogP contribution in [0.2, 0.25) is 0 Å². The van der Waals surface area contributed by atoms with E-state index in [0.29, 0.717) is 6.61 Å². The first-order valence-electron chi connectivity index (χ1n) is 5.43. The first kappa shape index (κ1) is 13.4. The van der Waals surface area contributed by atoms with Crippen molar-refractivity contribution in [2.75, 3.05) is 13.2 Å². The molecule has 0 saturated carbocycles. The number of ether oxygens (including phenoxy) is 2. The minimum Gasteiger partial charge on any atom is -0.464 e. The van der Waals surface area contributed by atoms with Crippen molar-refractivity contribution in [3.63, 3.8) is 0 Å². The summed E-state index contributed by atoms with van der Waals surface area (Å²) in [5.74, 6) is -0.271. The Hall–Kier alpha value is -0.570. The molecule has 0 rings (SSSR count). The zero-order valence-electron chi connectivity index (χ0n) is 9.76. The fourth-order valence-corrected chi connectivity index (χ4v) is 1.47. The highest BCUT2D eigenvalue weighted by molar-refractivity contribution is 5.70. The van der Waals surface area contributed by atoms with Gasteiger partial charge in [0.15, 0.2) is 0 Å². The number of rotatable bonds is 7. The van der Waals surface area contributed by atoms with Gasteiger partial charge in [0.25, 0.3) is 0 Å². The molecular formula is C11H22O3. The van der Waals surface area contributed by atoms with Crippen molar-refractivity contribution < 1.29 is 14.3 Å². The Bertz CT molecular complexity index is 154. The lowest BCUT2D eigenvalue weighted by Gasteiger charge is -2.30. The van der Waals surface area contributed by atoms with Gasteiger partial charge in [0, 0.05) is 0 Å². The summed E-state index contributed by atoms with van der Waals surface area (Å²) in [6.45, 7) is 8.53. The average molecular weight is 202 g/mol. The van der Waals surface area contributed by atoms with Gasteiger partial charge < -0.3 is 9.47 Å².